The van der Waals surface area contributed by atoms with Gasteiger partial charge in [-0.15, -0.1) is 11.3 Å². The first-order chi connectivity index (χ1) is 15.2. The topological polar surface area (TPSA) is 95.1 Å². The van der Waals surface area contributed by atoms with E-state index in [4.69, 9.17) is 18.9 Å². The van der Waals surface area contributed by atoms with Gasteiger partial charge in [0.2, 0.25) is 13.6 Å². The third-order valence-electron chi connectivity index (χ3n) is 4.87. The second-order valence-electron chi connectivity index (χ2n) is 6.94. The molecule has 2 amide bonds. The summed E-state index contributed by atoms with van der Waals surface area (Å²) < 4.78 is 21.3. The molecule has 0 aliphatic carbocycles. The van der Waals surface area contributed by atoms with Gasteiger partial charge in [0.05, 0.1) is 10.4 Å². The maximum Gasteiger partial charge on any atom is 0.261 e. The number of ether oxygens (including phenoxy) is 4. The van der Waals surface area contributed by atoms with Gasteiger partial charge in [-0.1, -0.05) is 12.1 Å². The van der Waals surface area contributed by atoms with Crippen LogP contribution in [-0.2, 0) is 13.1 Å². The monoisotopic (exact) mass is 438 g/mol. The number of carbonyl (C=O) groups excluding carboxylic acids is 2. The van der Waals surface area contributed by atoms with E-state index in [1.54, 1.807) is 11.4 Å². The molecule has 0 saturated heterocycles. The van der Waals surface area contributed by atoms with Crippen molar-refractivity contribution in [2.24, 2.45) is 0 Å². The molecule has 0 fully saturated rings. The largest absolute Gasteiger partial charge is 0.454 e. The quantitative estimate of drug-likeness (QED) is 0.614. The molecule has 1 aromatic heterocycles. The summed E-state index contributed by atoms with van der Waals surface area (Å²) in [4.78, 5) is 25.4. The first-order valence-corrected chi connectivity index (χ1v) is 10.5. The second-order valence-corrected chi connectivity index (χ2v) is 7.85. The van der Waals surface area contributed by atoms with Crippen molar-refractivity contribution in [2.45, 2.75) is 13.1 Å². The molecule has 2 aromatic carbocycles. The van der Waals surface area contributed by atoms with Crippen LogP contribution in [0.15, 0.2) is 47.8 Å². The zero-order chi connectivity index (χ0) is 21.2. The van der Waals surface area contributed by atoms with Gasteiger partial charge in [0, 0.05) is 18.5 Å². The zero-order valence-corrected chi connectivity index (χ0v) is 17.1. The van der Waals surface area contributed by atoms with Crippen LogP contribution in [0.4, 0.5) is 0 Å². The molecular weight excluding hydrogens is 420 g/mol. The minimum atomic E-state index is -0.247. The molecule has 0 saturated carbocycles. The van der Waals surface area contributed by atoms with Gasteiger partial charge < -0.3 is 29.6 Å². The molecule has 0 atom stereocenters. The highest BCUT2D eigenvalue weighted by atomic mass is 32.1. The molecule has 2 aliphatic rings. The molecule has 0 bridgehead atoms. The Labute approximate surface area is 181 Å². The van der Waals surface area contributed by atoms with Crippen LogP contribution >= 0.6 is 11.3 Å². The van der Waals surface area contributed by atoms with Crippen LogP contribution in [0, 0.1) is 0 Å². The van der Waals surface area contributed by atoms with E-state index < -0.39 is 0 Å². The number of amides is 2. The fourth-order valence-electron chi connectivity index (χ4n) is 3.23. The van der Waals surface area contributed by atoms with Crippen molar-refractivity contribution in [1.29, 1.82) is 0 Å². The van der Waals surface area contributed by atoms with E-state index in [1.807, 2.05) is 36.4 Å². The van der Waals surface area contributed by atoms with Gasteiger partial charge in [-0.25, -0.2) is 0 Å². The minimum absolute atomic E-state index is 0.208. The Hall–Kier alpha value is -3.72. The summed E-state index contributed by atoms with van der Waals surface area (Å²) in [6.45, 7) is 1.11. The Morgan fingerprint density at radius 1 is 0.742 bits per heavy atom. The van der Waals surface area contributed by atoms with E-state index in [1.165, 1.54) is 11.3 Å². The Bertz CT molecular complexity index is 1070. The van der Waals surface area contributed by atoms with Crippen molar-refractivity contribution in [3.8, 4) is 23.0 Å². The Morgan fingerprint density at radius 3 is 1.90 bits per heavy atom. The van der Waals surface area contributed by atoms with Crippen molar-refractivity contribution in [1.82, 2.24) is 10.6 Å². The van der Waals surface area contributed by atoms with Crippen LogP contribution in [-0.4, -0.2) is 25.4 Å². The van der Waals surface area contributed by atoms with Crippen molar-refractivity contribution in [3.63, 3.8) is 0 Å². The van der Waals surface area contributed by atoms with Crippen LogP contribution in [0.5, 0.6) is 23.0 Å². The second kappa shape index (κ2) is 8.19. The van der Waals surface area contributed by atoms with Crippen molar-refractivity contribution < 1.29 is 28.5 Å². The summed E-state index contributed by atoms with van der Waals surface area (Å²) in [7, 11) is 0. The summed E-state index contributed by atoms with van der Waals surface area (Å²) in [5.41, 5.74) is 2.24. The third kappa shape index (κ3) is 4.13. The fourth-order valence-corrected chi connectivity index (χ4v) is 4.03. The number of nitrogens with one attached hydrogen (secondary N) is 2. The molecule has 31 heavy (non-hydrogen) atoms. The van der Waals surface area contributed by atoms with E-state index in [0.29, 0.717) is 46.5 Å². The van der Waals surface area contributed by atoms with Crippen LogP contribution in [0.3, 0.4) is 0 Å². The Balaban J connectivity index is 1.15. The summed E-state index contributed by atoms with van der Waals surface area (Å²) in [6, 6.07) is 12.6. The van der Waals surface area contributed by atoms with E-state index in [0.717, 1.165) is 11.1 Å². The molecule has 0 radical (unpaired) electrons. The third-order valence-corrected chi connectivity index (χ3v) is 5.79. The minimum Gasteiger partial charge on any atom is -0.454 e. The molecule has 3 aromatic rings. The smallest absolute Gasteiger partial charge is 0.261 e. The lowest BCUT2D eigenvalue weighted by molar-refractivity contribution is 0.0950. The van der Waals surface area contributed by atoms with Gasteiger partial charge in [0.15, 0.2) is 23.0 Å². The molecule has 8 nitrogen and oxygen atoms in total. The highest BCUT2D eigenvalue weighted by Crippen LogP contribution is 2.33. The van der Waals surface area contributed by atoms with E-state index >= 15 is 0 Å². The molecule has 158 valence electrons. The predicted molar refractivity (Wildman–Crippen MR) is 112 cm³/mol. The molecule has 9 heteroatoms. The Morgan fingerprint density at radius 2 is 1.29 bits per heavy atom. The van der Waals surface area contributed by atoms with Gasteiger partial charge in [0.25, 0.3) is 11.8 Å². The lowest BCUT2D eigenvalue weighted by Gasteiger charge is -2.06. The molecule has 0 spiro atoms. The number of benzene rings is 2. The van der Waals surface area contributed by atoms with Gasteiger partial charge in [-0.05, 0) is 41.5 Å². The van der Waals surface area contributed by atoms with Crippen LogP contribution in [0.2, 0.25) is 0 Å². The Kier molecular flexibility index (Phi) is 5.09. The predicted octanol–water partition coefficient (Wildman–Crippen LogP) is 3.07. The van der Waals surface area contributed by atoms with Crippen molar-refractivity contribution in [2.75, 3.05) is 13.6 Å². The highest BCUT2D eigenvalue weighted by Gasteiger charge is 2.17. The van der Waals surface area contributed by atoms with Crippen LogP contribution in [0.25, 0.3) is 0 Å². The van der Waals surface area contributed by atoms with E-state index in [-0.39, 0.29) is 25.4 Å². The van der Waals surface area contributed by atoms with Gasteiger partial charge in [-0.3, -0.25) is 9.59 Å². The summed E-state index contributed by atoms with van der Waals surface area (Å²) in [5.74, 6) is 2.25. The summed E-state index contributed by atoms with van der Waals surface area (Å²) >= 11 is 1.23. The number of carbonyl (C=O) groups is 2. The van der Waals surface area contributed by atoms with Crippen LogP contribution < -0.4 is 29.6 Å². The standard InChI is InChI=1S/C22H18N2O6S/c25-21(23-8-13-1-3-16-18(5-13)29-11-27-16)15-7-20(31-10-15)22(26)24-9-14-2-4-17-19(6-14)30-12-28-17/h1-7,10H,8-9,11-12H2,(H,23,25)(H,24,26). The van der Waals surface area contributed by atoms with E-state index in [9.17, 15) is 9.59 Å². The normalized spacial score (nSPS) is 13.2. The maximum atomic E-state index is 12.5. The number of fused-ring (bicyclic) bond motifs is 2. The lowest BCUT2D eigenvalue weighted by Crippen LogP contribution is -2.23. The first-order valence-electron chi connectivity index (χ1n) is 9.58. The molecular formula is C22H18N2O6S. The summed E-state index contributed by atoms with van der Waals surface area (Å²) in [5, 5.41) is 7.38. The van der Waals surface area contributed by atoms with Gasteiger partial charge >= 0.3 is 0 Å². The molecule has 2 aliphatic heterocycles. The first kappa shape index (κ1) is 19.3. The fraction of sp³-hybridized carbons (Fsp3) is 0.182. The van der Waals surface area contributed by atoms with Gasteiger partial charge in [0.1, 0.15) is 0 Å². The zero-order valence-electron chi connectivity index (χ0n) is 16.3. The number of hydrogen-bond donors (Lipinski definition) is 2. The molecule has 3 heterocycles. The molecule has 0 unspecified atom stereocenters. The van der Waals surface area contributed by atoms with Gasteiger partial charge in [-0.2, -0.15) is 0 Å². The maximum absolute atomic E-state index is 12.5. The molecule has 5 rings (SSSR count). The summed E-state index contributed by atoms with van der Waals surface area (Å²) in [6.07, 6.45) is 0. The lowest BCUT2D eigenvalue weighted by atomic mass is 10.2. The van der Waals surface area contributed by atoms with Crippen molar-refractivity contribution in [3.05, 3.63) is 69.4 Å². The number of thiophene rings is 1. The number of rotatable bonds is 6. The molecule has 2 N–H and O–H groups in total. The van der Waals surface area contributed by atoms with Crippen molar-refractivity contribution >= 4 is 23.2 Å². The average molecular weight is 438 g/mol. The highest BCUT2D eigenvalue weighted by molar-refractivity contribution is 7.12. The van der Waals surface area contributed by atoms with Crippen LogP contribution in [0.1, 0.15) is 31.2 Å². The SMILES string of the molecule is O=C(NCc1ccc2c(c1)OCO2)c1csc(C(=O)NCc2ccc3c(c2)OCO3)c1. The number of hydrogen-bond acceptors (Lipinski definition) is 7. The average Bonchev–Trinajstić information content (AvgIpc) is 3.55. The van der Waals surface area contributed by atoms with E-state index in [2.05, 4.69) is 10.6 Å².